The number of alkyl halides is 5. The highest BCUT2D eigenvalue weighted by Gasteiger charge is 2.38. The highest BCUT2D eigenvalue weighted by atomic mass is 19.4. The SMILES string of the molecule is Nc1c(C(F)F)cc(C(=O)O)nc1C(F)(F)F. The first-order valence-electron chi connectivity index (χ1n) is 4.03. The Hall–Kier alpha value is -1.93. The van der Waals surface area contributed by atoms with Gasteiger partial charge in [0.05, 0.1) is 5.69 Å². The molecule has 3 N–H and O–H groups in total. The minimum Gasteiger partial charge on any atom is -0.477 e. The number of nitrogen functional groups attached to an aromatic ring is 1. The van der Waals surface area contributed by atoms with E-state index >= 15 is 0 Å². The van der Waals surface area contributed by atoms with Crippen LogP contribution in [-0.4, -0.2) is 16.1 Å². The summed E-state index contributed by atoms with van der Waals surface area (Å²) in [6, 6.07) is 0.317. The van der Waals surface area contributed by atoms with Crippen molar-refractivity contribution in [2.75, 3.05) is 5.73 Å². The molecule has 1 aromatic heterocycles. The fourth-order valence-corrected chi connectivity index (χ4v) is 1.08. The van der Waals surface area contributed by atoms with Gasteiger partial charge in [-0.05, 0) is 6.07 Å². The fourth-order valence-electron chi connectivity index (χ4n) is 1.08. The molecule has 17 heavy (non-hydrogen) atoms. The zero-order chi connectivity index (χ0) is 13.4. The lowest BCUT2D eigenvalue weighted by Gasteiger charge is -2.13. The molecule has 0 radical (unpaired) electrons. The maximum atomic E-state index is 12.4. The maximum absolute atomic E-state index is 12.4. The average molecular weight is 256 g/mol. The number of halogens is 5. The second kappa shape index (κ2) is 4.15. The molecule has 0 aromatic carbocycles. The van der Waals surface area contributed by atoms with Crippen molar-refractivity contribution in [2.45, 2.75) is 12.6 Å². The smallest absolute Gasteiger partial charge is 0.435 e. The lowest BCUT2D eigenvalue weighted by atomic mass is 10.1. The summed E-state index contributed by atoms with van der Waals surface area (Å²) in [4.78, 5) is 13.2. The molecular weight excluding hydrogens is 251 g/mol. The molecule has 0 saturated carbocycles. The Bertz CT molecular complexity index is 458. The van der Waals surface area contributed by atoms with Crippen LogP contribution >= 0.6 is 0 Å². The maximum Gasteiger partial charge on any atom is 0.435 e. The number of rotatable bonds is 2. The van der Waals surface area contributed by atoms with Gasteiger partial charge < -0.3 is 10.8 Å². The number of anilines is 1. The summed E-state index contributed by atoms with van der Waals surface area (Å²) in [6.07, 6.45) is -8.42. The van der Waals surface area contributed by atoms with Crippen molar-refractivity contribution in [3.63, 3.8) is 0 Å². The Morgan fingerprint density at radius 3 is 2.29 bits per heavy atom. The van der Waals surface area contributed by atoms with Crippen LogP contribution in [0.4, 0.5) is 27.6 Å². The summed E-state index contributed by atoms with van der Waals surface area (Å²) in [7, 11) is 0. The summed E-state index contributed by atoms with van der Waals surface area (Å²) < 4.78 is 61.8. The lowest BCUT2D eigenvalue weighted by Crippen LogP contribution is -2.17. The van der Waals surface area contributed by atoms with E-state index in [1.54, 1.807) is 0 Å². The van der Waals surface area contributed by atoms with Gasteiger partial charge in [0.15, 0.2) is 5.69 Å². The Labute approximate surface area is 90.9 Å². The quantitative estimate of drug-likeness (QED) is 0.796. The Morgan fingerprint density at radius 2 is 1.94 bits per heavy atom. The zero-order valence-corrected chi connectivity index (χ0v) is 7.92. The first-order chi connectivity index (χ1) is 7.64. The van der Waals surface area contributed by atoms with Crippen LogP contribution in [0, 0.1) is 0 Å². The summed E-state index contributed by atoms with van der Waals surface area (Å²) in [6.45, 7) is 0. The molecular formula is C8H5F5N2O2. The van der Waals surface area contributed by atoms with Gasteiger partial charge in [0.2, 0.25) is 0 Å². The summed E-state index contributed by atoms with van der Waals surface area (Å²) >= 11 is 0. The van der Waals surface area contributed by atoms with Crippen molar-refractivity contribution >= 4 is 11.7 Å². The van der Waals surface area contributed by atoms with E-state index in [0.717, 1.165) is 0 Å². The molecule has 1 aromatic rings. The van der Waals surface area contributed by atoms with Crippen molar-refractivity contribution in [3.05, 3.63) is 23.0 Å². The molecule has 0 aliphatic heterocycles. The Kier molecular flexibility index (Phi) is 3.21. The van der Waals surface area contributed by atoms with E-state index in [2.05, 4.69) is 4.98 Å². The molecule has 0 amide bonds. The number of nitrogens with zero attached hydrogens (tertiary/aromatic N) is 1. The molecule has 1 heterocycles. The topological polar surface area (TPSA) is 76.2 Å². The minimum absolute atomic E-state index is 0.317. The molecule has 9 heteroatoms. The van der Waals surface area contributed by atoms with Crippen LogP contribution < -0.4 is 5.73 Å². The third-order valence-corrected chi connectivity index (χ3v) is 1.81. The minimum atomic E-state index is -5.10. The van der Waals surface area contributed by atoms with Crippen molar-refractivity contribution in [1.82, 2.24) is 4.98 Å². The Balaban J connectivity index is 3.55. The second-order valence-corrected chi connectivity index (χ2v) is 2.96. The molecule has 0 aliphatic carbocycles. The van der Waals surface area contributed by atoms with E-state index in [-0.39, 0.29) is 0 Å². The highest BCUT2D eigenvalue weighted by Crippen LogP contribution is 2.37. The first kappa shape index (κ1) is 13.1. The van der Waals surface area contributed by atoms with Crippen LogP contribution in [-0.2, 0) is 6.18 Å². The van der Waals surface area contributed by atoms with Gasteiger partial charge in [-0.2, -0.15) is 13.2 Å². The molecule has 0 fully saturated rings. The molecule has 0 saturated heterocycles. The number of hydrogen-bond donors (Lipinski definition) is 2. The van der Waals surface area contributed by atoms with Gasteiger partial charge in [0.25, 0.3) is 6.43 Å². The summed E-state index contributed by atoms with van der Waals surface area (Å²) in [5.41, 5.74) is -0.550. The Morgan fingerprint density at radius 1 is 1.41 bits per heavy atom. The van der Waals surface area contributed by atoms with E-state index < -0.39 is 41.2 Å². The normalized spacial score (nSPS) is 11.9. The summed E-state index contributed by atoms with van der Waals surface area (Å²) in [5, 5.41) is 8.46. The molecule has 0 aliphatic rings. The predicted octanol–water partition coefficient (Wildman–Crippen LogP) is 2.32. The zero-order valence-electron chi connectivity index (χ0n) is 7.92. The number of hydrogen-bond acceptors (Lipinski definition) is 3. The number of carboxylic acid groups (broad SMARTS) is 1. The van der Waals surface area contributed by atoms with E-state index in [0.29, 0.717) is 6.07 Å². The van der Waals surface area contributed by atoms with Crippen LogP contribution in [0.15, 0.2) is 6.07 Å². The van der Waals surface area contributed by atoms with E-state index in [9.17, 15) is 26.7 Å². The van der Waals surface area contributed by atoms with Crippen molar-refractivity contribution in [3.8, 4) is 0 Å². The third-order valence-electron chi connectivity index (χ3n) is 1.81. The highest BCUT2D eigenvalue weighted by molar-refractivity contribution is 5.86. The van der Waals surface area contributed by atoms with Gasteiger partial charge in [-0.3, -0.25) is 0 Å². The molecule has 94 valence electrons. The van der Waals surface area contributed by atoms with Gasteiger partial charge in [-0.25, -0.2) is 18.6 Å². The molecule has 0 unspecified atom stereocenters. The van der Waals surface area contributed by atoms with Crippen LogP contribution in [0.5, 0.6) is 0 Å². The largest absolute Gasteiger partial charge is 0.477 e. The van der Waals surface area contributed by atoms with Gasteiger partial charge >= 0.3 is 12.1 Å². The van der Waals surface area contributed by atoms with Crippen molar-refractivity contribution in [2.24, 2.45) is 0 Å². The monoisotopic (exact) mass is 256 g/mol. The van der Waals surface area contributed by atoms with Crippen molar-refractivity contribution < 1.29 is 31.9 Å². The number of carboxylic acids is 1. The summed E-state index contributed by atoms with van der Waals surface area (Å²) in [5.74, 6) is -1.85. The third kappa shape index (κ3) is 2.60. The van der Waals surface area contributed by atoms with Crippen LogP contribution in [0.25, 0.3) is 0 Å². The van der Waals surface area contributed by atoms with Gasteiger partial charge in [-0.1, -0.05) is 0 Å². The van der Waals surface area contributed by atoms with Crippen LogP contribution in [0.3, 0.4) is 0 Å². The molecule has 1 rings (SSSR count). The number of aromatic carboxylic acids is 1. The molecule has 4 nitrogen and oxygen atoms in total. The van der Waals surface area contributed by atoms with Gasteiger partial charge in [0, 0.05) is 5.56 Å². The van der Waals surface area contributed by atoms with Gasteiger partial charge in [-0.15, -0.1) is 0 Å². The first-order valence-corrected chi connectivity index (χ1v) is 4.03. The number of pyridine rings is 1. The fraction of sp³-hybridized carbons (Fsp3) is 0.250. The lowest BCUT2D eigenvalue weighted by molar-refractivity contribution is -0.140. The average Bonchev–Trinajstić information content (AvgIpc) is 2.15. The number of nitrogens with two attached hydrogens (primary N) is 1. The molecule has 0 spiro atoms. The van der Waals surface area contributed by atoms with Gasteiger partial charge in [0.1, 0.15) is 5.69 Å². The predicted molar refractivity (Wildman–Crippen MR) is 45.6 cm³/mol. The standard InChI is InChI=1S/C8H5F5N2O2/c9-6(10)2-1-3(7(16)17)15-5(4(2)14)8(11,12)13/h1,6H,14H2,(H,16,17). The number of aromatic nitrogens is 1. The molecule has 0 bridgehead atoms. The second-order valence-electron chi connectivity index (χ2n) is 2.96. The van der Waals surface area contributed by atoms with Crippen LogP contribution in [0.1, 0.15) is 28.2 Å². The van der Waals surface area contributed by atoms with E-state index in [4.69, 9.17) is 10.8 Å². The molecule has 0 atom stereocenters. The van der Waals surface area contributed by atoms with E-state index in [1.807, 2.05) is 0 Å². The number of carbonyl (C=O) groups is 1. The van der Waals surface area contributed by atoms with Crippen molar-refractivity contribution in [1.29, 1.82) is 0 Å². The van der Waals surface area contributed by atoms with E-state index in [1.165, 1.54) is 0 Å². The van der Waals surface area contributed by atoms with Crippen LogP contribution in [0.2, 0.25) is 0 Å².